The van der Waals surface area contributed by atoms with Crippen LogP contribution in [-0.2, 0) is 0 Å². The van der Waals surface area contributed by atoms with Crippen molar-refractivity contribution < 1.29 is 4.79 Å². The fraction of sp³-hybridized carbons (Fsp3) is 0.250. The molecule has 0 spiro atoms. The first-order valence-electron chi connectivity index (χ1n) is 6.54. The number of aryl methyl sites for hydroxylation is 4. The molecule has 2 aromatic heterocycles. The normalized spacial score (nSPS) is 11.2. The smallest absolute Gasteiger partial charge is 0.195 e. The Hall–Kier alpha value is -1.94. The van der Waals surface area contributed by atoms with Crippen LogP contribution < -0.4 is 0 Å². The Bertz CT molecular complexity index is 827. The van der Waals surface area contributed by atoms with E-state index < -0.39 is 0 Å². The number of fused-ring (bicyclic) bond motifs is 1. The maximum atomic E-state index is 11.6. The van der Waals surface area contributed by atoms with E-state index in [0.29, 0.717) is 5.69 Å². The van der Waals surface area contributed by atoms with E-state index >= 15 is 0 Å². The van der Waals surface area contributed by atoms with E-state index in [0.717, 1.165) is 33.8 Å². The molecule has 0 atom stereocenters. The maximum absolute atomic E-state index is 11.6. The zero-order chi connectivity index (χ0) is 14.4. The predicted molar refractivity (Wildman–Crippen MR) is 82.8 cm³/mol. The van der Waals surface area contributed by atoms with Crippen molar-refractivity contribution in [1.29, 1.82) is 0 Å². The van der Waals surface area contributed by atoms with Gasteiger partial charge in [0.2, 0.25) is 0 Å². The molecule has 0 radical (unpaired) electrons. The van der Waals surface area contributed by atoms with Gasteiger partial charge in [-0.15, -0.1) is 11.3 Å². The Balaban J connectivity index is 2.34. The minimum absolute atomic E-state index is 0.647. The molecule has 102 valence electrons. The van der Waals surface area contributed by atoms with Crippen molar-refractivity contribution in [1.82, 2.24) is 9.38 Å². The molecule has 4 heteroatoms. The van der Waals surface area contributed by atoms with E-state index in [-0.39, 0.29) is 0 Å². The van der Waals surface area contributed by atoms with Gasteiger partial charge in [-0.25, -0.2) is 4.98 Å². The summed E-state index contributed by atoms with van der Waals surface area (Å²) in [5, 5.41) is 0. The van der Waals surface area contributed by atoms with Crippen LogP contribution in [0.3, 0.4) is 0 Å². The van der Waals surface area contributed by atoms with Crippen LogP contribution in [0.5, 0.6) is 0 Å². The molecule has 1 aromatic carbocycles. The predicted octanol–water partition coefficient (Wildman–Crippen LogP) is 4.11. The topological polar surface area (TPSA) is 34.4 Å². The van der Waals surface area contributed by atoms with Crippen LogP contribution >= 0.6 is 11.3 Å². The second-order valence-electron chi connectivity index (χ2n) is 5.14. The number of rotatable bonds is 2. The molecule has 0 saturated heterocycles. The number of hydrogen-bond acceptors (Lipinski definition) is 3. The number of carbonyl (C=O) groups excluding carboxylic acids is 1. The van der Waals surface area contributed by atoms with Crippen molar-refractivity contribution in [3.05, 3.63) is 45.6 Å². The van der Waals surface area contributed by atoms with Gasteiger partial charge in [0.1, 0.15) is 11.4 Å². The van der Waals surface area contributed by atoms with Crippen molar-refractivity contribution in [3.8, 4) is 11.3 Å². The van der Waals surface area contributed by atoms with Crippen molar-refractivity contribution in [3.63, 3.8) is 0 Å². The summed E-state index contributed by atoms with van der Waals surface area (Å²) in [4.78, 5) is 18.3. The van der Waals surface area contributed by atoms with Crippen LogP contribution in [0.1, 0.15) is 32.2 Å². The third kappa shape index (κ3) is 1.79. The average Bonchev–Trinajstić information content (AvgIpc) is 2.87. The molecule has 0 aliphatic carbocycles. The van der Waals surface area contributed by atoms with Gasteiger partial charge in [-0.3, -0.25) is 9.20 Å². The van der Waals surface area contributed by atoms with Gasteiger partial charge in [0.15, 0.2) is 11.2 Å². The highest BCUT2D eigenvalue weighted by Gasteiger charge is 2.18. The number of aromatic nitrogens is 2. The highest BCUT2D eigenvalue weighted by Crippen LogP contribution is 2.31. The molecule has 20 heavy (non-hydrogen) atoms. The number of aldehydes is 1. The first kappa shape index (κ1) is 13.1. The lowest BCUT2D eigenvalue weighted by atomic mass is 10.0. The van der Waals surface area contributed by atoms with Crippen LogP contribution in [0.4, 0.5) is 0 Å². The van der Waals surface area contributed by atoms with Crippen LogP contribution in [-0.4, -0.2) is 15.7 Å². The van der Waals surface area contributed by atoms with Crippen LogP contribution in [0.15, 0.2) is 18.2 Å². The van der Waals surface area contributed by atoms with Crippen molar-refractivity contribution >= 4 is 22.6 Å². The maximum Gasteiger partial charge on any atom is 0.195 e. The van der Waals surface area contributed by atoms with Crippen LogP contribution in [0.25, 0.3) is 16.2 Å². The van der Waals surface area contributed by atoms with Gasteiger partial charge in [0.05, 0.1) is 0 Å². The van der Waals surface area contributed by atoms with Gasteiger partial charge in [0, 0.05) is 16.1 Å². The molecule has 0 aliphatic heterocycles. The summed E-state index contributed by atoms with van der Waals surface area (Å²) in [5.41, 5.74) is 5.92. The Morgan fingerprint density at radius 3 is 2.60 bits per heavy atom. The van der Waals surface area contributed by atoms with E-state index in [9.17, 15) is 4.79 Å². The lowest BCUT2D eigenvalue weighted by Gasteiger charge is -2.05. The quantitative estimate of drug-likeness (QED) is 0.664. The second-order valence-corrected chi connectivity index (χ2v) is 6.33. The molecule has 3 aromatic rings. The van der Waals surface area contributed by atoms with Crippen molar-refractivity contribution in [2.45, 2.75) is 27.7 Å². The van der Waals surface area contributed by atoms with Crippen LogP contribution in [0, 0.1) is 27.7 Å². The Morgan fingerprint density at radius 2 is 1.95 bits per heavy atom. The number of hydrogen-bond donors (Lipinski definition) is 0. The summed E-state index contributed by atoms with van der Waals surface area (Å²) in [6.45, 7) is 8.21. The minimum Gasteiger partial charge on any atom is -0.296 e. The van der Waals surface area contributed by atoms with E-state index in [1.54, 1.807) is 11.3 Å². The molecule has 3 nitrogen and oxygen atoms in total. The molecule has 2 heterocycles. The standard InChI is InChI=1S/C16H16N2OS/c1-9-5-6-13(10(2)7-9)15-14(8-19)18-11(3)12(4)20-16(18)17-15/h5-8H,1-4H3. The number of thiazole rings is 1. The Labute approximate surface area is 121 Å². The molecule has 3 rings (SSSR count). The van der Waals surface area contributed by atoms with Gasteiger partial charge in [-0.05, 0) is 33.3 Å². The first-order valence-corrected chi connectivity index (χ1v) is 7.36. The monoisotopic (exact) mass is 284 g/mol. The third-order valence-corrected chi connectivity index (χ3v) is 4.78. The fourth-order valence-corrected chi connectivity index (χ4v) is 3.54. The molecular weight excluding hydrogens is 268 g/mol. The SMILES string of the molecule is Cc1ccc(-c2nc3sc(C)c(C)n3c2C=O)c(C)c1. The van der Waals surface area contributed by atoms with Crippen LogP contribution in [0.2, 0.25) is 0 Å². The van der Waals surface area contributed by atoms with Crippen molar-refractivity contribution in [2.75, 3.05) is 0 Å². The Morgan fingerprint density at radius 1 is 1.20 bits per heavy atom. The van der Waals surface area contributed by atoms with E-state index in [1.807, 2.05) is 17.4 Å². The highest BCUT2D eigenvalue weighted by molar-refractivity contribution is 7.17. The summed E-state index contributed by atoms with van der Waals surface area (Å²) >= 11 is 1.63. The summed E-state index contributed by atoms with van der Waals surface area (Å²) in [6, 6.07) is 6.23. The van der Waals surface area contributed by atoms with Gasteiger partial charge in [-0.1, -0.05) is 23.8 Å². The minimum atomic E-state index is 0.647. The summed E-state index contributed by atoms with van der Waals surface area (Å²) < 4.78 is 1.96. The van der Waals surface area contributed by atoms with E-state index in [2.05, 4.69) is 37.9 Å². The Kier molecular flexibility index (Phi) is 2.98. The summed E-state index contributed by atoms with van der Waals surface area (Å²) in [6.07, 6.45) is 0.911. The lowest BCUT2D eigenvalue weighted by molar-refractivity contribution is 0.111. The molecule has 0 unspecified atom stereocenters. The van der Waals surface area contributed by atoms with Crippen molar-refractivity contribution in [2.24, 2.45) is 0 Å². The molecule has 0 saturated carbocycles. The molecule has 0 aliphatic rings. The molecule has 0 bridgehead atoms. The molecular formula is C16H16N2OS. The first-order chi connectivity index (χ1) is 9.52. The lowest BCUT2D eigenvalue weighted by Crippen LogP contribution is -1.95. The van der Waals surface area contributed by atoms with Gasteiger partial charge in [-0.2, -0.15) is 0 Å². The summed E-state index contributed by atoms with van der Waals surface area (Å²) in [7, 11) is 0. The van der Waals surface area contributed by atoms with E-state index in [1.165, 1.54) is 10.4 Å². The zero-order valence-electron chi connectivity index (χ0n) is 12.0. The highest BCUT2D eigenvalue weighted by atomic mass is 32.1. The number of nitrogens with zero attached hydrogens (tertiary/aromatic N) is 2. The van der Waals surface area contributed by atoms with Gasteiger partial charge >= 0.3 is 0 Å². The number of benzene rings is 1. The average molecular weight is 284 g/mol. The zero-order valence-corrected chi connectivity index (χ0v) is 12.8. The third-order valence-electron chi connectivity index (χ3n) is 3.72. The summed E-state index contributed by atoms with van der Waals surface area (Å²) in [5.74, 6) is 0. The molecule has 0 amide bonds. The molecule has 0 N–H and O–H groups in total. The van der Waals surface area contributed by atoms with E-state index in [4.69, 9.17) is 0 Å². The second kappa shape index (κ2) is 4.56. The number of imidazole rings is 1. The molecule has 0 fully saturated rings. The number of carbonyl (C=O) groups is 1. The van der Waals surface area contributed by atoms with Gasteiger partial charge in [0.25, 0.3) is 0 Å². The largest absolute Gasteiger partial charge is 0.296 e. The van der Waals surface area contributed by atoms with Gasteiger partial charge < -0.3 is 0 Å². The fourth-order valence-electron chi connectivity index (χ4n) is 2.56.